The minimum absolute atomic E-state index is 0. The van der Waals surface area contributed by atoms with Crippen molar-refractivity contribution in [2.75, 3.05) is 60.6 Å². The number of rotatable bonds is 4. The van der Waals surface area contributed by atoms with Crippen LogP contribution in [0.5, 0.6) is 11.5 Å². The number of benzene rings is 1. The third kappa shape index (κ3) is 5.88. The van der Waals surface area contributed by atoms with Gasteiger partial charge in [0.25, 0.3) is 0 Å². The van der Waals surface area contributed by atoms with Crippen molar-refractivity contribution in [3.05, 3.63) is 23.3 Å². The molecule has 1 saturated heterocycles. The van der Waals surface area contributed by atoms with Crippen molar-refractivity contribution < 1.29 is 14.2 Å². The van der Waals surface area contributed by atoms with Crippen LogP contribution < -0.4 is 9.47 Å². The Morgan fingerprint density at radius 1 is 1.04 bits per heavy atom. The monoisotopic (exact) mass is 420 g/mol. The number of hydrogen-bond donors (Lipinski definition) is 0. The third-order valence-electron chi connectivity index (χ3n) is 5.36. The fourth-order valence-electron chi connectivity index (χ4n) is 3.79. The molecule has 1 unspecified atom stereocenters. The van der Waals surface area contributed by atoms with Crippen LogP contribution in [-0.4, -0.2) is 70.4 Å². The highest BCUT2D eigenvalue weighted by Crippen LogP contribution is 2.40. The van der Waals surface area contributed by atoms with Crippen molar-refractivity contribution in [3.8, 4) is 11.5 Å². The maximum absolute atomic E-state index is 6.40. The highest BCUT2D eigenvalue weighted by Gasteiger charge is 2.32. The lowest BCUT2D eigenvalue weighted by molar-refractivity contribution is -0.0145. The largest absolute Gasteiger partial charge is 0.493 e. The van der Waals surface area contributed by atoms with Crippen molar-refractivity contribution in [3.63, 3.8) is 0 Å². The lowest BCUT2D eigenvalue weighted by Crippen LogP contribution is -2.46. The van der Waals surface area contributed by atoms with Crippen LogP contribution in [0, 0.1) is 5.41 Å². The minimum atomic E-state index is 0. The second kappa shape index (κ2) is 10.2. The quantitative estimate of drug-likeness (QED) is 0.744. The fourth-order valence-corrected chi connectivity index (χ4v) is 3.79. The molecule has 2 aliphatic heterocycles. The molecule has 0 aromatic heterocycles. The summed E-state index contributed by atoms with van der Waals surface area (Å²) < 4.78 is 17.5. The molecule has 0 aliphatic carbocycles. The third-order valence-corrected chi connectivity index (χ3v) is 5.36. The van der Waals surface area contributed by atoms with E-state index in [4.69, 9.17) is 14.2 Å². The first-order chi connectivity index (χ1) is 11.9. The molecule has 1 atom stereocenters. The van der Waals surface area contributed by atoms with E-state index >= 15 is 0 Å². The van der Waals surface area contributed by atoms with Gasteiger partial charge in [0.1, 0.15) is 0 Å². The summed E-state index contributed by atoms with van der Waals surface area (Å²) in [6, 6.07) is 4.26. The van der Waals surface area contributed by atoms with Gasteiger partial charge in [0, 0.05) is 32.7 Å². The van der Waals surface area contributed by atoms with Crippen molar-refractivity contribution in [2.24, 2.45) is 5.41 Å². The second-order valence-electron chi connectivity index (χ2n) is 8.15. The van der Waals surface area contributed by atoms with E-state index in [1.54, 1.807) is 14.2 Å². The predicted octanol–water partition coefficient (Wildman–Crippen LogP) is 3.43. The summed E-state index contributed by atoms with van der Waals surface area (Å²) in [5.74, 6) is 1.59. The van der Waals surface area contributed by atoms with Crippen LogP contribution in [0.15, 0.2) is 12.1 Å². The number of hydrogen-bond acceptors (Lipinski definition) is 5. The SMILES string of the molecule is COc1cc2c(cc1OC)C(CN1CCN(C)CC1)OCC(C)(C)C2.Cl.Cl. The van der Waals surface area contributed by atoms with Gasteiger partial charge >= 0.3 is 0 Å². The van der Waals surface area contributed by atoms with Crippen LogP contribution in [0.3, 0.4) is 0 Å². The van der Waals surface area contributed by atoms with E-state index < -0.39 is 0 Å². The lowest BCUT2D eigenvalue weighted by atomic mass is 9.85. The number of nitrogens with zero attached hydrogens (tertiary/aromatic N) is 2. The first kappa shape index (κ1) is 24.3. The van der Waals surface area contributed by atoms with Crippen LogP contribution in [0.2, 0.25) is 0 Å². The van der Waals surface area contributed by atoms with Crippen molar-refractivity contribution in [1.29, 1.82) is 0 Å². The van der Waals surface area contributed by atoms with Gasteiger partial charge in [0.05, 0.1) is 26.9 Å². The highest BCUT2D eigenvalue weighted by molar-refractivity contribution is 5.85. The average Bonchev–Trinajstić information content (AvgIpc) is 2.71. The first-order valence-electron chi connectivity index (χ1n) is 9.19. The molecule has 2 aliphatic rings. The lowest BCUT2D eigenvalue weighted by Gasteiger charge is -2.35. The molecule has 0 saturated carbocycles. The van der Waals surface area contributed by atoms with Crippen LogP contribution in [0.25, 0.3) is 0 Å². The Balaban J connectivity index is 0.00000182. The molecular weight excluding hydrogens is 387 g/mol. The van der Waals surface area contributed by atoms with Gasteiger partial charge in [-0.2, -0.15) is 0 Å². The molecule has 5 nitrogen and oxygen atoms in total. The molecule has 0 bridgehead atoms. The molecule has 1 fully saturated rings. The first-order valence-corrected chi connectivity index (χ1v) is 9.19. The molecule has 2 heterocycles. The molecule has 1 aromatic rings. The average molecular weight is 421 g/mol. The van der Waals surface area contributed by atoms with Gasteiger partial charge in [0.2, 0.25) is 0 Å². The van der Waals surface area contributed by atoms with Crippen LogP contribution >= 0.6 is 24.8 Å². The van der Waals surface area contributed by atoms with E-state index in [0.29, 0.717) is 0 Å². The van der Waals surface area contributed by atoms with Crippen LogP contribution in [0.4, 0.5) is 0 Å². The zero-order valence-corrected chi connectivity index (χ0v) is 18.8. The van der Waals surface area contributed by atoms with Crippen LogP contribution in [0.1, 0.15) is 31.1 Å². The number of fused-ring (bicyclic) bond motifs is 1. The summed E-state index contributed by atoms with van der Waals surface area (Å²) in [5.41, 5.74) is 2.69. The predicted molar refractivity (Wildman–Crippen MR) is 114 cm³/mol. The summed E-state index contributed by atoms with van der Waals surface area (Å²) in [4.78, 5) is 4.90. The second-order valence-corrected chi connectivity index (χ2v) is 8.15. The number of ether oxygens (including phenoxy) is 3. The molecule has 27 heavy (non-hydrogen) atoms. The molecule has 156 valence electrons. The van der Waals surface area contributed by atoms with Crippen molar-refractivity contribution in [1.82, 2.24) is 9.80 Å². The molecule has 0 amide bonds. The number of halogens is 2. The Hall–Kier alpha value is -0.720. The molecule has 0 N–H and O–H groups in total. The van der Waals surface area contributed by atoms with E-state index in [1.165, 1.54) is 11.1 Å². The number of likely N-dealkylation sites (N-methyl/N-ethyl adjacent to an activating group) is 1. The van der Waals surface area contributed by atoms with Crippen molar-refractivity contribution in [2.45, 2.75) is 26.4 Å². The van der Waals surface area contributed by atoms with Gasteiger partial charge in [-0.1, -0.05) is 13.8 Å². The van der Waals surface area contributed by atoms with E-state index in [2.05, 4.69) is 42.8 Å². The van der Waals surface area contributed by atoms with Crippen LogP contribution in [-0.2, 0) is 11.2 Å². The van der Waals surface area contributed by atoms with E-state index in [-0.39, 0.29) is 36.3 Å². The molecule has 7 heteroatoms. The van der Waals surface area contributed by atoms with E-state index in [1.807, 2.05) is 0 Å². The maximum Gasteiger partial charge on any atom is 0.161 e. The highest BCUT2D eigenvalue weighted by atomic mass is 35.5. The van der Waals surface area contributed by atoms with Crippen molar-refractivity contribution >= 4 is 24.8 Å². The summed E-state index contributed by atoms with van der Waals surface area (Å²) in [7, 11) is 5.58. The smallest absolute Gasteiger partial charge is 0.161 e. The Morgan fingerprint density at radius 3 is 2.22 bits per heavy atom. The minimum Gasteiger partial charge on any atom is -0.493 e. The van der Waals surface area contributed by atoms with E-state index in [9.17, 15) is 0 Å². The fraction of sp³-hybridized carbons (Fsp3) is 0.700. The number of piperazine rings is 1. The van der Waals surface area contributed by atoms with Gasteiger partial charge in [-0.3, -0.25) is 4.90 Å². The van der Waals surface area contributed by atoms with Gasteiger partial charge in [-0.15, -0.1) is 24.8 Å². The molecule has 0 radical (unpaired) electrons. The topological polar surface area (TPSA) is 34.2 Å². The molecular formula is C20H34Cl2N2O3. The normalized spacial score (nSPS) is 22.6. The summed E-state index contributed by atoms with van der Waals surface area (Å²) in [5, 5.41) is 0. The Bertz CT molecular complexity index is 605. The van der Waals surface area contributed by atoms with Gasteiger partial charge in [-0.05, 0) is 42.1 Å². The maximum atomic E-state index is 6.40. The molecule has 1 aromatic carbocycles. The Kier molecular flexibility index (Phi) is 9.16. The summed E-state index contributed by atoms with van der Waals surface area (Å²) in [6.45, 7) is 10.7. The summed E-state index contributed by atoms with van der Waals surface area (Å²) >= 11 is 0. The number of methoxy groups -OCH3 is 2. The zero-order chi connectivity index (χ0) is 18.0. The molecule has 0 spiro atoms. The Morgan fingerprint density at radius 2 is 1.63 bits per heavy atom. The Labute approximate surface area is 176 Å². The molecule has 3 rings (SSSR count). The van der Waals surface area contributed by atoms with Gasteiger partial charge in [-0.25, -0.2) is 0 Å². The zero-order valence-electron chi connectivity index (χ0n) is 17.1. The van der Waals surface area contributed by atoms with Gasteiger partial charge < -0.3 is 19.1 Å². The standard InChI is InChI=1S/C20H32N2O3.2ClH/c1-20(2)12-15-10-17(23-4)18(24-5)11-16(15)19(25-14-20)13-22-8-6-21(3)7-9-22;;/h10-11,19H,6-9,12-14H2,1-5H3;2*1H. The summed E-state index contributed by atoms with van der Waals surface area (Å²) in [6.07, 6.45) is 1.07. The van der Waals surface area contributed by atoms with Gasteiger partial charge in [0.15, 0.2) is 11.5 Å². The van der Waals surface area contributed by atoms with E-state index in [0.717, 1.165) is 57.3 Å².